The number of ether oxygens (including phenoxy) is 1. The van der Waals surface area contributed by atoms with Gasteiger partial charge in [-0.05, 0) is 52.2 Å². The number of halogens is 2. The van der Waals surface area contributed by atoms with E-state index in [-0.39, 0.29) is 11.4 Å². The molecule has 0 unspecified atom stereocenters. The number of sulfonamides is 1. The summed E-state index contributed by atoms with van der Waals surface area (Å²) in [6.45, 7) is 3.41. The van der Waals surface area contributed by atoms with Gasteiger partial charge in [-0.3, -0.25) is 0 Å². The van der Waals surface area contributed by atoms with Gasteiger partial charge in [0.2, 0.25) is 10.0 Å². The van der Waals surface area contributed by atoms with Crippen molar-refractivity contribution in [3.63, 3.8) is 0 Å². The Morgan fingerprint density at radius 1 is 1.04 bits per heavy atom. The van der Waals surface area contributed by atoms with Crippen LogP contribution in [0.4, 0.5) is 0 Å². The Kier molecular flexibility index (Phi) is 6.79. The molecule has 2 aromatic carbocycles. The molecule has 23 heavy (non-hydrogen) atoms. The molecule has 7 heteroatoms. The largest absolute Gasteiger partial charge is 0.377 e. The van der Waals surface area contributed by atoms with E-state index in [0.717, 1.165) is 11.1 Å². The summed E-state index contributed by atoms with van der Waals surface area (Å²) in [6.07, 6.45) is 0. The van der Waals surface area contributed by atoms with Gasteiger partial charge in [0.15, 0.2) is 0 Å². The molecule has 0 saturated heterocycles. The van der Waals surface area contributed by atoms with Crippen molar-refractivity contribution in [2.45, 2.75) is 25.0 Å². The van der Waals surface area contributed by atoms with Crippen LogP contribution >= 0.6 is 31.9 Å². The molecule has 0 radical (unpaired) electrons. The first-order valence-corrected chi connectivity index (χ1v) is 10.1. The van der Waals surface area contributed by atoms with Gasteiger partial charge < -0.3 is 4.74 Å². The number of rotatable bonds is 7. The van der Waals surface area contributed by atoms with E-state index in [1.165, 1.54) is 0 Å². The third-order valence-corrected chi connectivity index (χ3v) is 6.03. The zero-order chi connectivity index (χ0) is 16.9. The Hall–Kier alpha value is -0.730. The zero-order valence-electron chi connectivity index (χ0n) is 12.6. The van der Waals surface area contributed by atoms with Gasteiger partial charge in [-0.25, -0.2) is 13.1 Å². The lowest BCUT2D eigenvalue weighted by Crippen LogP contribution is -2.23. The highest BCUT2D eigenvalue weighted by atomic mass is 79.9. The number of hydrogen-bond acceptors (Lipinski definition) is 3. The second-order valence-electron chi connectivity index (χ2n) is 4.85. The third kappa shape index (κ3) is 5.39. The van der Waals surface area contributed by atoms with Crippen LogP contribution in [0.2, 0.25) is 0 Å². The van der Waals surface area contributed by atoms with Crippen molar-refractivity contribution >= 4 is 41.9 Å². The lowest BCUT2D eigenvalue weighted by molar-refractivity contribution is 0.134. The fourth-order valence-electron chi connectivity index (χ4n) is 1.91. The van der Waals surface area contributed by atoms with Crippen molar-refractivity contribution in [3.05, 3.63) is 62.5 Å². The zero-order valence-corrected chi connectivity index (χ0v) is 16.5. The van der Waals surface area contributed by atoms with E-state index in [1.807, 2.05) is 31.2 Å². The van der Waals surface area contributed by atoms with E-state index in [1.54, 1.807) is 18.2 Å². The molecule has 0 heterocycles. The van der Waals surface area contributed by atoms with Crippen LogP contribution < -0.4 is 4.72 Å². The fourth-order valence-corrected chi connectivity index (χ4v) is 4.43. The highest BCUT2D eigenvalue weighted by Gasteiger charge is 2.17. The van der Waals surface area contributed by atoms with E-state index in [9.17, 15) is 8.42 Å². The van der Waals surface area contributed by atoms with Crippen LogP contribution in [-0.2, 0) is 27.9 Å². The van der Waals surface area contributed by atoms with Crippen LogP contribution in [0, 0.1) is 0 Å². The van der Waals surface area contributed by atoms with Crippen LogP contribution in [0.25, 0.3) is 0 Å². The quantitative estimate of drug-likeness (QED) is 0.669. The Morgan fingerprint density at radius 2 is 1.70 bits per heavy atom. The van der Waals surface area contributed by atoms with E-state index in [4.69, 9.17) is 4.74 Å². The Labute approximate surface area is 153 Å². The smallest absolute Gasteiger partial charge is 0.242 e. The van der Waals surface area contributed by atoms with Gasteiger partial charge in [0, 0.05) is 22.1 Å². The predicted molar refractivity (Wildman–Crippen MR) is 97.6 cm³/mol. The first kappa shape index (κ1) is 18.6. The monoisotopic (exact) mass is 461 g/mol. The summed E-state index contributed by atoms with van der Waals surface area (Å²) in [6, 6.07) is 12.7. The van der Waals surface area contributed by atoms with E-state index < -0.39 is 10.0 Å². The lowest BCUT2D eigenvalue weighted by atomic mass is 10.1. The summed E-state index contributed by atoms with van der Waals surface area (Å²) in [7, 11) is -3.59. The van der Waals surface area contributed by atoms with Crippen molar-refractivity contribution in [1.29, 1.82) is 0 Å². The average Bonchev–Trinajstić information content (AvgIpc) is 2.54. The number of hydrogen-bond donors (Lipinski definition) is 1. The average molecular weight is 463 g/mol. The van der Waals surface area contributed by atoms with Gasteiger partial charge in [-0.1, -0.05) is 40.2 Å². The van der Waals surface area contributed by atoms with Gasteiger partial charge in [-0.2, -0.15) is 0 Å². The van der Waals surface area contributed by atoms with Crippen molar-refractivity contribution in [3.8, 4) is 0 Å². The molecule has 0 aromatic heterocycles. The Morgan fingerprint density at radius 3 is 2.35 bits per heavy atom. The van der Waals surface area contributed by atoms with Gasteiger partial charge in [0.1, 0.15) is 0 Å². The van der Waals surface area contributed by atoms with E-state index in [2.05, 4.69) is 36.6 Å². The molecule has 1 N–H and O–H groups in total. The van der Waals surface area contributed by atoms with Crippen molar-refractivity contribution < 1.29 is 13.2 Å². The lowest BCUT2D eigenvalue weighted by Gasteiger charge is -2.10. The topological polar surface area (TPSA) is 55.4 Å². The van der Waals surface area contributed by atoms with Crippen LogP contribution in [0.5, 0.6) is 0 Å². The Bertz CT molecular complexity index is 761. The predicted octanol–water partition coefficient (Wildman–Crippen LogP) is 4.23. The number of nitrogens with one attached hydrogen (secondary N) is 1. The first-order valence-electron chi connectivity index (χ1n) is 7.02. The molecule has 0 aliphatic heterocycles. The molecule has 0 bridgehead atoms. The molecular formula is C16H17Br2NO3S. The summed E-state index contributed by atoms with van der Waals surface area (Å²) in [4.78, 5) is 0.208. The molecule has 0 saturated carbocycles. The highest BCUT2D eigenvalue weighted by Crippen LogP contribution is 2.25. The first-order chi connectivity index (χ1) is 10.9. The molecule has 0 atom stereocenters. The molecule has 0 aliphatic rings. The minimum absolute atomic E-state index is 0.208. The van der Waals surface area contributed by atoms with Crippen molar-refractivity contribution in [1.82, 2.24) is 4.72 Å². The molecule has 0 aliphatic carbocycles. The summed E-state index contributed by atoms with van der Waals surface area (Å²) in [5, 5.41) is 0. The molecule has 4 nitrogen and oxygen atoms in total. The maximum absolute atomic E-state index is 12.4. The van der Waals surface area contributed by atoms with Crippen LogP contribution in [0.15, 0.2) is 56.3 Å². The maximum atomic E-state index is 12.4. The highest BCUT2D eigenvalue weighted by molar-refractivity contribution is 9.11. The molecule has 0 fully saturated rings. The minimum Gasteiger partial charge on any atom is -0.377 e. The standard InChI is InChI=1S/C16H17Br2NO3S/c1-2-22-11-13-5-3-12(4-6-13)10-19-23(20,21)16-9-14(17)7-8-15(16)18/h3-9,19H,2,10-11H2,1H3. The third-order valence-electron chi connectivity index (χ3n) is 3.14. The maximum Gasteiger partial charge on any atom is 0.242 e. The fraction of sp³-hybridized carbons (Fsp3) is 0.250. The summed E-state index contributed by atoms with van der Waals surface area (Å²) < 4.78 is 34.0. The molecule has 124 valence electrons. The van der Waals surface area contributed by atoms with Gasteiger partial charge in [-0.15, -0.1) is 0 Å². The second kappa shape index (κ2) is 8.39. The summed E-state index contributed by atoms with van der Waals surface area (Å²) in [5.41, 5.74) is 1.95. The van der Waals surface area contributed by atoms with E-state index in [0.29, 0.717) is 22.2 Å². The minimum atomic E-state index is -3.59. The van der Waals surface area contributed by atoms with Gasteiger partial charge in [0.05, 0.1) is 11.5 Å². The molecule has 2 rings (SSSR count). The van der Waals surface area contributed by atoms with Crippen molar-refractivity contribution in [2.75, 3.05) is 6.61 Å². The van der Waals surface area contributed by atoms with E-state index >= 15 is 0 Å². The summed E-state index contributed by atoms with van der Waals surface area (Å²) >= 11 is 6.56. The number of benzene rings is 2. The van der Waals surface area contributed by atoms with Crippen LogP contribution in [0.3, 0.4) is 0 Å². The molecule has 0 amide bonds. The van der Waals surface area contributed by atoms with Crippen LogP contribution in [-0.4, -0.2) is 15.0 Å². The summed E-state index contributed by atoms with van der Waals surface area (Å²) in [5.74, 6) is 0. The molecule has 0 spiro atoms. The molecular weight excluding hydrogens is 446 g/mol. The second-order valence-corrected chi connectivity index (χ2v) is 8.36. The SMILES string of the molecule is CCOCc1ccc(CNS(=O)(=O)c2cc(Br)ccc2Br)cc1. The molecule has 2 aromatic rings. The Balaban J connectivity index is 2.05. The van der Waals surface area contributed by atoms with Crippen molar-refractivity contribution in [2.24, 2.45) is 0 Å². The van der Waals surface area contributed by atoms with Crippen LogP contribution in [0.1, 0.15) is 18.1 Å². The van der Waals surface area contributed by atoms with Gasteiger partial charge >= 0.3 is 0 Å². The normalized spacial score (nSPS) is 11.6. The van der Waals surface area contributed by atoms with Gasteiger partial charge in [0.25, 0.3) is 0 Å².